The Morgan fingerprint density at radius 1 is 0.917 bits per heavy atom. The van der Waals surface area contributed by atoms with Crippen LogP contribution in [0.25, 0.3) is 10.8 Å². The van der Waals surface area contributed by atoms with Gasteiger partial charge in [-0.2, -0.15) is 0 Å². The molecule has 0 heterocycles. The molecule has 4 nitrogen and oxygen atoms in total. The molecule has 1 N–H and O–H groups in total. The van der Waals surface area contributed by atoms with Crippen LogP contribution in [0.4, 0.5) is 0 Å². The SMILES string of the molecule is O=C(CNS(=O)(=O)c1ccc2ccccc2c1)c1cccc(Cl)c1. The quantitative estimate of drug-likeness (QED) is 0.707. The van der Waals surface area contributed by atoms with E-state index in [0.717, 1.165) is 10.8 Å². The summed E-state index contributed by atoms with van der Waals surface area (Å²) in [6.07, 6.45) is 0. The molecule has 0 aliphatic rings. The van der Waals surface area contributed by atoms with Gasteiger partial charge < -0.3 is 0 Å². The van der Waals surface area contributed by atoms with Crippen LogP contribution in [0, 0.1) is 0 Å². The van der Waals surface area contributed by atoms with E-state index in [4.69, 9.17) is 11.6 Å². The number of sulfonamides is 1. The van der Waals surface area contributed by atoms with Crippen LogP contribution >= 0.6 is 11.6 Å². The Hall–Kier alpha value is -2.21. The van der Waals surface area contributed by atoms with E-state index in [1.54, 1.807) is 30.3 Å². The number of rotatable bonds is 5. The highest BCUT2D eigenvalue weighted by Crippen LogP contribution is 2.19. The van der Waals surface area contributed by atoms with Gasteiger partial charge in [-0.1, -0.05) is 54.1 Å². The molecule has 0 amide bonds. The number of Topliss-reactive ketones (excluding diaryl/α,β-unsaturated/α-hetero) is 1. The summed E-state index contributed by atoms with van der Waals surface area (Å²) >= 11 is 5.84. The Morgan fingerprint density at radius 3 is 2.42 bits per heavy atom. The fourth-order valence-electron chi connectivity index (χ4n) is 2.34. The minimum absolute atomic E-state index is 0.125. The number of hydrogen-bond acceptors (Lipinski definition) is 3. The monoisotopic (exact) mass is 359 g/mol. The molecule has 3 rings (SSSR count). The second-order valence-corrected chi connectivity index (χ2v) is 7.47. The topological polar surface area (TPSA) is 63.2 Å². The highest BCUT2D eigenvalue weighted by atomic mass is 35.5. The molecule has 3 aromatic rings. The van der Waals surface area contributed by atoms with E-state index >= 15 is 0 Å². The molecule has 122 valence electrons. The second kappa shape index (κ2) is 6.73. The molecule has 0 atom stereocenters. The van der Waals surface area contributed by atoms with Gasteiger partial charge in [0.1, 0.15) is 0 Å². The lowest BCUT2D eigenvalue weighted by Gasteiger charge is -2.08. The molecule has 0 bridgehead atoms. The normalized spacial score (nSPS) is 11.5. The van der Waals surface area contributed by atoms with Crippen molar-refractivity contribution in [3.63, 3.8) is 0 Å². The summed E-state index contributed by atoms with van der Waals surface area (Å²) in [4.78, 5) is 12.2. The van der Waals surface area contributed by atoms with Gasteiger partial charge in [-0.15, -0.1) is 0 Å². The van der Waals surface area contributed by atoms with E-state index in [1.165, 1.54) is 12.1 Å². The third kappa shape index (κ3) is 3.64. The Morgan fingerprint density at radius 2 is 1.67 bits per heavy atom. The summed E-state index contributed by atoms with van der Waals surface area (Å²) in [7, 11) is -3.77. The maximum Gasteiger partial charge on any atom is 0.241 e. The summed E-state index contributed by atoms with van der Waals surface area (Å²) in [5, 5.41) is 2.20. The summed E-state index contributed by atoms with van der Waals surface area (Å²) in [5.41, 5.74) is 0.365. The number of benzene rings is 3. The molecular weight excluding hydrogens is 346 g/mol. The van der Waals surface area contributed by atoms with Crippen molar-refractivity contribution < 1.29 is 13.2 Å². The lowest BCUT2D eigenvalue weighted by Crippen LogP contribution is -2.29. The highest BCUT2D eigenvalue weighted by molar-refractivity contribution is 7.89. The third-order valence-corrected chi connectivity index (χ3v) is 5.23. The summed E-state index contributed by atoms with van der Waals surface area (Å²) < 4.78 is 27.1. The maximum atomic E-state index is 12.4. The first-order valence-corrected chi connectivity index (χ1v) is 9.09. The molecule has 0 saturated carbocycles. The van der Waals surface area contributed by atoms with Crippen LogP contribution in [0.15, 0.2) is 71.6 Å². The van der Waals surface area contributed by atoms with Gasteiger partial charge in [0.15, 0.2) is 5.78 Å². The fourth-order valence-corrected chi connectivity index (χ4v) is 3.55. The molecule has 0 spiro atoms. The van der Waals surface area contributed by atoms with Crippen molar-refractivity contribution in [1.82, 2.24) is 4.72 Å². The van der Waals surface area contributed by atoms with Crippen LogP contribution < -0.4 is 4.72 Å². The van der Waals surface area contributed by atoms with Crippen molar-refractivity contribution in [2.75, 3.05) is 6.54 Å². The number of ketones is 1. The van der Waals surface area contributed by atoms with E-state index in [9.17, 15) is 13.2 Å². The minimum atomic E-state index is -3.77. The first kappa shape index (κ1) is 16.6. The molecule has 0 radical (unpaired) electrons. The minimum Gasteiger partial charge on any atom is -0.293 e. The van der Waals surface area contributed by atoms with Crippen molar-refractivity contribution >= 4 is 38.2 Å². The lowest BCUT2D eigenvalue weighted by molar-refractivity contribution is 0.0997. The van der Waals surface area contributed by atoms with E-state index in [-0.39, 0.29) is 17.2 Å². The Bertz CT molecular complexity index is 1020. The van der Waals surface area contributed by atoms with E-state index in [0.29, 0.717) is 10.6 Å². The number of hydrogen-bond donors (Lipinski definition) is 1. The van der Waals surface area contributed by atoms with Crippen molar-refractivity contribution in [1.29, 1.82) is 0 Å². The van der Waals surface area contributed by atoms with E-state index in [2.05, 4.69) is 4.72 Å². The molecule has 24 heavy (non-hydrogen) atoms. The second-order valence-electron chi connectivity index (χ2n) is 5.27. The third-order valence-electron chi connectivity index (χ3n) is 3.60. The molecule has 3 aromatic carbocycles. The molecule has 0 aromatic heterocycles. The summed E-state index contributed by atoms with van der Waals surface area (Å²) in [5.74, 6) is -0.345. The van der Waals surface area contributed by atoms with Gasteiger partial charge in [0.25, 0.3) is 0 Å². The number of fused-ring (bicyclic) bond motifs is 1. The molecule has 0 aliphatic carbocycles. The van der Waals surface area contributed by atoms with Gasteiger partial charge in [0, 0.05) is 10.6 Å². The van der Waals surface area contributed by atoms with E-state index < -0.39 is 10.0 Å². The van der Waals surface area contributed by atoms with Crippen LogP contribution in [0.3, 0.4) is 0 Å². The Kier molecular flexibility index (Phi) is 4.66. The fraction of sp³-hybridized carbons (Fsp3) is 0.0556. The number of carbonyl (C=O) groups excluding carboxylic acids is 1. The Balaban J connectivity index is 1.79. The van der Waals surface area contributed by atoms with Crippen molar-refractivity contribution in [3.05, 3.63) is 77.3 Å². The van der Waals surface area contributed by atoms with Crippen molar-refractivity contribution in [2.24, 2.45) is 0 Å². The molecule has 0 aliphatic heterocycles. The van der Waals surface area contributed by atoms with Gasteiger partial charge >= 0.3 is 0 Å². The first-order chi connectivity index (χ1) is 11.5. The average Bonchev–Trinajstić information content (AvgIpc) is 2.59. The lowest BCUT2D eigenvalue weighted by atomic mass is 10.1. The zero-order chi connectivity index (χ0) is 17.2. The van der Waals surface area contributed by atoms with Crippen molar-refractivity contribution in [2.45, 2.75) is 4.90 Å². The summed E-state index contributed by atoms with van der Waals surface area (Å²) in [6, 6.07) is 18.7. The molecule has 0 fully saturated rings. The smallest absolute Gasteiger partial charge is 0.241 e. The summed E-state index contributed by atoms with van der Waals surface area (Å²) in [6.45, 7) is -0.324. The zero-order valence-electron chi connectivity index (χ0n) is 12.6. The molecule has 0 unspecified atom stereocenters. The van der Waals surface area contributed by atoms with Crippen LogP contribution in [0.1, 0.15) is 10.4 Å². The molecule has 6 heteroatoms. The largest absolute Gasteiger partial charge is 0.293 e. The average molecular weight is 360 g/mol. The van der Waals surface area contributed by atoms with Crippen LogP contribution in [0.2, 0.25) is 5.02 Å². The van der Waals surface area contributed by atoms with E-state index in [1.807, 2.05) is 24.3 Å². The van der Waals surface area contributed by atoms with Gasteiger partial charge in [-0.05, 0) is 35.0 Å². The maximum absolute atomic E-state index is 12.4. The van der Waals surface area contributed by atoms with Gasteiger partial charge in [0.2, 0.25) is 10.0 Å². The number of carbonyl (C=O) groups is 1. The van der Waals surface area contributed by atoms with Gasteiger partial charge in [0.05, 0.1) is 11.4 Å². The molecule has 0 saturated heterocycles. The predicted molar refractivity (Wildman–Crippen MR) is 94.9 cm³/mol. The predicted octanol–water partition coefficient (Wildman–Crippen LogP) is 3.65. The van der Waals surface area contributed by atoms with Crippen LogP contribution in [0.5, 0.6) is 0 Å². The van der Waals surface area contributed by atoms with Gasteiger partial charge in [-0.3, -0.25) is 4.79 Å². The van der Waals surface area contributed by atoms with Crippen LogP contribution in [-0.2, 0) is 10.0 Å². The standard InChI is InChI=1S/C18H14ClNO3S/c19-16-7-3-6-15(10-16)18(21)12-20-24(22,23)17-9-8-13-4-1-2-5-14(13)11-17/h1-11,20H,12H2. The van der Waals surface area contributed by atoms with Gasteiger partial charge in [-0.25, -0.2) is 13.1 Å². The highest BCUT2D eigenvalue weighted by Gasteiger charge is 2.16. The number of nitrogens with one attached hydrogen (secondary N) is 1. The number of halogens is 1. The van der Waals surface area contributed by atoms with Crippen molar-refractivity contribution in [3.8, 4) is 0 Å². The molecular formula is C18H14ClNO3S. The first-order valence-electron chi connectivity index (χ1n) is 7.23. The van der Waals surface area contributed by atoms with Crippen LogP contribution in [-0.4, -0.2) is 20.7 Å². The Labute approximate surface area is 145 Å². The zero-order valence-corrected chi connectivity index (χ0v) is 14.1.